The molecule has 0 aliphatic carbocycles. The quantitative estimate of drug-likeness (QED) is 0.371. The topological polar surface area (TPSA) is 72.2 Å². The zero-order valence-electron chi connectivity index (χ0n) is 14.8. The molecule has 0 atom stereocenters. The summed E-state index contributed by atoms with van der Waals surface area (Å²) in [7, 11) is -3.91. The van der Waals surface area contributed by atoms with Crippen LogP contribution in [0.15, 0.2) is 84.9 Å². The molecular weight excluding hydrogens is 479 g/mol. The number of nitrogens with zero attached hydrogens (tertiary/aromatic N) is 1. The van der Waals surface area contributed by atoms with Crippen molar-refractivity contribution in [3.63, 3.8) is 0 Å². The predicted octanol–water partition coefficient (Wildman–Crippen LogP) is 5.75. The normalized spacial score (nSPS) is 11.5. The zero-order valence-corrected chi connectivity index (χ0v) is 18.0. The SMILES string of the molecule is O=S(=O)(c1ccc(Br)cc1)c1nc(-c2cccs2)oc1NCc1ccc(F)cc1. The van der Waals surface area contributed by atoms with Crippen LogP contribution in [0.1, 0.15) is 5.56 Å². The second-order valence-corrected chi connectivity index (χ2v) is 9.80. The number of nitrogens with one attached hydrogen (secondary N) is 1. The van der Waals surface area contributed by atoms with Gasteiger partial charge < -0.3 is 9.73 Å². The Hall–Kier alpha value is -2.49. The number of thiophene rings is 1. The molecule has 29 heavy (non-hydrogen) atoms. The van der Waals surface area contributed by atoms with Gasteiger partial charge in [-0.15, -0.1) is 11.3 Å². The van der Waals surface area contributed by atoms with Gasteiger partial charge in [-0.25, -0.2) is 12.8 Å². The molecule has 0 aliphatic heterocycles. The Morgan fingerprint density at radius 1 is 1.07 bits per heavy atom. The fourth-order valence-corrected chi connectivity index (χ4v) is 4.81. The lowest BCUT2D eigenvalue weighted by molar-refractivity contribution is 0.577. The monoisotopic (exact) mass is 492 g/mol. The van der Waals surface area contributed by atoms with Crippen LogP contribution in [-0.4, -0.2) is 13.4 Å². The standard InChI is InChI=1S/C20H14BrFN2O3S2/c21-14-5-9-16(10-6-14)29(25,26)20-19(23-12-13-3-7-15(22)8-4-13)27-18(24-20)17-2-1-11-28-17/h1-11,23H,12H2. The molecule has 0 unspecified atom stereocenters. The highest BCUT2D eigenvalue weighted by atomic mass is 79.9. The molecule has 9 heteroatoms. The molecule has 2 heterocycles. The van der Waals surface area contributed by atoms with E-state index in [9.17, 15) is 12.8 Å². The summed E-state index contributed by atoms with van der Waals surface area (Å²) >= 11 is 4.70. The van der Waals surface area contributed by atoms with Crippen LogP contribution in [0.2, 0.25) is 0 Å². The number of hydrogen-bond acceptors (Lipinski definition) is 6. The molecule has 0 amide bonds. The second kappa shape index (κ2) is 8.10. The Kier molecular flexibility index (Phi) is 5.53. The van der Waals surface area contributed by atoms with Crippen LogP contribution in [-0.2, 0) is 16.4 Å². The van der Waals surface area contributed by atoms with Crippen LogP contribution in [0.4, 0.5) is 10.3 Å². The number of benzene rings is 2. The number of oxazole rings is 1. The largest absolute Gasteiger partial charge is 0.418 e. The molecule has 0 saturated carbocycles. The molecule has 148 valence electrons. The smallest absolute Gasteiger partial charge is 0.240 e. The average Bonchev–Trinajstić information content (AvgIpc) is 3.38. The van der Waals surface area contributed by atoms with Crippen molar-refractivity contribution in [3.8, 4) is 10.8 Å². The van der Waals surface area contributed by atoms with E-state index >= 15 is 0 Å². The number of hydrogen-bond donors (Lipinski definition) is 1. The molecule has 0 saturated heterocycles. The number of anilines is 1. The number of halogens is 2. The van der Waals surface area contributed by atoms with E-state index in [1.165, 1.54) is 35.6 Å². The van der Waals surface area contributed by atoms with E-state index in [0.29, 0.717) is 4.88 Å². The second-order valence-electron chi connectivity index (χ2n) is 6.07. The summed E-state index contributed by atoms with van der Waals surface area (Å²) in [6.07, 6.45) is 0. The first-order valence-corrected chi connectivity index (χ1v) is 11.6. The summed E-state index contributed by atoms with van der Waals surface area (Å²) in [6.45, 7) is 0.252. The van der Waals surface area contributed by atoms with Gasteiger partial charge in [-0.3, -0.25) is 0 Å². The Labute approximate surface area is 179 Å². The maximum absolute atomic E-state index is 13.2. The minimum Gasteiger partial charge on any atom is -0.418 e. The van der Waals surface area contributed by atoms with Gasteiger partial charge in [0.1, 0.15) is 5.82 Å². The molecule has 0 fully saturated rings. The van der Waals surface area contributed by atoms with Crippen molar-refractivity contribution in [2.24, 2.45) is 0 Å². The van der Waals surface area contributed by atoms with Gasteiger partial charge in [0.15, 0.2) is 0 Å². The fraction of sp³-hybridized carbons (Fsp3) is 0.0500. The average molecular weight is 493 g/mol. The van der Waals surface area contributed by atoms with E-state index in [1.54, 1.807) is 30.3 Å². The molecule has 2 aromatic carbocycles. The highest BCUT2D eigenvalue weighted by Gasteiger charge is 2.28. The molecule has 0 bridgehead atoms. The summed E-state index contributed by atoms with van der Waals surface area (Å²) in [6, 6.07) is 15.9. The summed E-state index contributed by atoms with van der Waals surface area (Å²) < 4.78 is 46.0. The summed E-state index contributed by atoms with van der Waals surface area (Å²) in [4.78, 5) is 5.09. The van der Waals surface area contributed by atoms with Crippen molar-refractivity contribution in [3.05, 3.63) is 81.9 Å². The summed E-state index contributed by atoms with van der Waals surface area (Å²) in [5.41, 5.74) is 0.771. The molecule has 4 rings (SSSR count). The maximum atomic E-state index is 13.2. The molecule has 0 aliphatic rings. The first-order valence-electron chi connectivity index (χ1n) is 8.47. The lowest BCUT2D eigenvalue weighted by atomic mass is 10.2. The number of aromatic nitrogens is 1. The molecule has 4 aromatic rings. The van der Waals surface area contributed by atoms with E-state index in [4.69, 9.17) is 4.42 Å². The lowest BCUT2D eigenvalue weighted by Crippen LogP contribution is -2.07. The molecular formula is C20H14BrFN2O3S2. The van der Waals surface area contributed by atoms with Crippen LogP contribution >= 0.6 is 27.3 Å². The molecule has 2 aromatic heterocycles. The first-order chi connectivity index (χ1) is 13.9. The first kappa shape index (κ1) is 19.8. The van der Waals surface area contributed by atoms with E-state index in [1.807, 2.05) is 11.4 Å². The maximum Gasteiger partial charge on any atom is 0.240 e. The highest BCUT2D eigenvalue weighted by molar-refractivity contribution is 9.10. The zero-order chi connectivity index (χ0) is 20.4. The minimum atomic E-state index is -3.91. The van der Waals surface area contributed by atoms with Gasteiger partial charge >= 0.3 is 0 Å². The van der Waals surface area contributed by atoms with Crippen molar-refractivity contribution in [2.45, 2.75) is 16.5 Å². The third-order valence-corrected chi connectivity index (χ3v) is 7.14. The third-order valence-electron chi connectivity index (χ3n) is 4.07. The van der Waals surface area contributed by atoms with Crippen molar-refractivity contribution in [2.75, 3.05) is 5.32 Å². The van der Waals surface area contributed by atoms with Crippen molar-refractivity contribution in [1.82, 2.24) is 4.98 Å². The van der Waals surface area contributed by atoms with Gasteiger partial charge in [0, 0.05) is 11.0 Å². The Bertz CT molecular complexity index is 1220. The third kappa shape index (κ3) is 4.26. The van der Waals surface area contributed by atoms with Crippen LogP contribution in [0, 0.1) is 5.82 Å². The van der Waals surface area contributed by atoms with Crippen molar-refractivity contribution < 1.29 is 17.2 Å². The van der Waals surface area contributed by atoms with Crippen LogP contribution in [0.25, 0.3) is 10.8 Å². The minimum absolute atomic E-state index is 0.0423. The molecule has 0 radical (unpaired) electrons. The van der Waals surface area contributed by atoms with Crippen LogP contribution < -0.4 is 5.32 Å². The number of rotatable bonds is 6. The van der Waals surface area contributed by atoms with Crippen molar-refractivity contribution in [1.29, 1.82) is 0 Å². The van der Waals surface area contributed by atoms with E-state index in [2.05, 4.69) is 26.2 Å². The Morgan fingerprint density at radius 3 is 2.45 bits per heavy atom. The summed E-state index contributed by atoms with van der Waals surface area (Å²) in [5.74, 6) is -0.0789. The van der Waals surface area contributed by atoms with Gasteiger partial charge in [0.25, 0.3) is 0 Å². The van der Waals surface area contributed by atoms with Gasteiger partial charge in [-0.1, -0.05) is 34.1 Å². The Morgan fingerprint density at radius 2 is 1.79 bits per heavy atom. The van der Waals surface area contributed by atoms with Gasteiger partial charge in [0.05, 0.1) is 9.77 Å². The predicted molar refractivity (Wildman–Crippen MR) is 113 cm³/mol. The van der Waals surface area contributed by atoms with Crippen molar-refractivity contribution >= 4 is 43.0 Å². The highest BCUT2D eigenvalue weighted by Crippen LogP contribution is 2.34. The molecule has 1 N–H and O–H groups in total. The Balaban J connectivity index is 1.73. The van der Waals surface area contributed by atoms with Gasteiger partial charge in [0.2, 0.25) is 26.6 Å². The molecule has 0 spiro atoms. The van der Waals surface area contributed by atoms with E-state index in [0.717, 1.165) is 10.0 Å². The summed E-state index contributed by atoms with van der Waals surface area (Å²) in [5, 5.41) is 4.65. The van der Waals surface area contributed by atoms with Gasteiger partial charge in [-0.2, -0.15) is 4.98 Å². The fourth-order valence-electron chi connectivity index (χ4n) is 2.62. The number of sulfone groups is 1. The van der Waals surface area contributed by atoms with Crippen LogP contribution in [0.5, 0.6) is 0 Å². The van der Waals surface area contributed by atoms with E-state index in [-0.39, 0.29) is 34.1 Å². The van der Waals surface area contributed by atoms with Crippen LogP contribution in [0.3, 0.4) is 0 Å². The van der Waals surface area contributed by atoms with Gasteiger partial charge in [-0.05, 0) is 53.4 Å². The molecule has 5 nitrogen and oxygen atoms in total. The lowest BCUT2D eigenvalue weighted by Gasteiger charge is -2.06. The van der Waals surface area contributed by atoms with E-state index < -0.39 is 9.84 Å².